The van der Waals surface area contributed by atoms with Gasteiger partial charge in [0.2, 0.25) is 5.95 Å². The van der Waals surface area contributed by atoms with Crippen LogP contribution in [-0.4, -0.2) is 9.97 Å². The summed E-state index contributed by atoms with van der Waals surface area (Å²) in [6, 6.07) is 15.9. The molecule has 0 fully saturated rings. The summed E-state index contributed by atoms with van der Waals surface area (Å²) in [6.07, 6.45) is 1.68. The maximum absolute atomic E-state index is 12.9. The highest BCUT2D eigenvalue weighted by Crippen LogP contribution is 2.17. The first-order valence-corrected chi connectivity index (χ1v) is 7.82. The summed E-state index contributed by atoms with van der Waals surface area (Å²) < 4.78 is 13.9. The standard InChI is InChI=1S/C17H14BrFN4/c18-13-3-7-15(8-4-13)22-17-20-10-9-16(23-17)21-11-12-1-5-14(19)6-2-12/h1-10H,11H2,(H2,20,21,22,23). The van der Waals surface area contributed by atoms with E-state index in [1.54, 1.807) is 24.4 Å². The minimum absolute atomic E-state index is 0.239. The van der Waals surface area contributed by atoms with Crippen molar-refractivity contribution in [1.82, 2.24) is 9.97 Å². The summed E-state index contributed by atoms with van der Waals surface area (Å²) >= 11 is 3.40. The highest BCUT2D eigenvalue weighted by atomic mass is 79.9. The second-order valence-electron chi connectivity index (χ2n) is 4.88. The maximum atomic E-state index is 12.9. The Kier molecular flexibility index (Phi) is 4.83. The molecule has 3 rings (SSSR count). The van der Waals surface area contributed by atoms with Crippen LogP contribution in [0.3, 0.4) is 0 Å². The second-order valence-corrected chi connectivity index (χ2v) is 5.79. The van der Waals surface area contributed by atoms with Gasteiger partial charge in [-0.3, -0.25) is 0 Å². The van der Waals surface area contributed by atoms with Crippen molar-refractivity contribution in [3.63, 3.8) is 0 Å². The van der Waals surface area contributed by atoms with E-state index < -0.39 is 0 Å². The molecule has 23 heavy (non-hydrogen) atoms. The molecule has 0 atom stereocenters. The molecule has 2 N–H and O–H groups in total. The summed E-state index contributed by atoms with van der Waals surface area (Å²) in [7, 11) is 0. The molecule has 2 aromatic carbocycles. The quantitative estimate of drug-likeness (QED) is 0.679. The predicted octanol–water partition coefficient (Wildman–Crippen LogP) is 4.73. The number of nitrogens with one attached hydrogen (secondary N) is 2. The molecule has 0 saturated carbocycles. The lowest BCUT2D eigenvalue weighted by Gasteiger charge is -2.08. The molecule has 0 radical (unpaired) electrons. The number of hydrogen-bond donors (Lipinski definition) is 2. The molecule has 0 saturated heterocycles. The van der Waals surface area contributed by atoms with Crippen molar-refractivity contribution in [3.05, 3.63) is 76.6 Å². The van der Waals surface area contributed by atoms with E-state index in [4.69, 9.17) is 0 Å². The molecule has 3 aromatic rings. The largest absolute Gasteiger partial charge is 0.366 e. The van der Waals surface area contributed by atoms with Gasteiger partial charge in [-0.1, -0.05) is 28.1 Å². The topological polar surface area (TPSA) is 49.8 Å². The molecule has 116 valence electrons. The van der Waals surface area contributed by atoms with E-state index >= 15 is 0 Å². The minimum Gasteiger partial charge on any atom is -0.366 e. The average molecular weight is 373 g/mol. The first kappa shape index (κ1) is 15.4. The third-order valence-electron chi connectivity index (χ3n) is 3.14. The molecule has 0 spiro atoms. The van der Waals surface area contributed by atoms with E-state index in [1.807, 2.05) is 24.3 Å². The van der Waals surface area contributed by atoms with E-state index in [-0.39, 0.29) is 5.82 Å². The molecule has 0 aliphatic heterocycles. The molecule has 0 aliphatic rings. The fraction of sp³-hybridized carbons (Fsp3) is 0.0588. The van der Waals surface area contributed by atoms with Crippen molar-refractivity contribution in [3.8, 4) is 0 Å². The van der Waals surface area contributed by atoms with Crippen LogP contribution < -0.4 is 10.6 Å². The van der Waals surface area contributed by atoms with E-state index in [2.05, 4.69) is 36.5 Å². The molecule has 0 aliphatic carbocycles. The second kappa shape index (κ2) is 7.19. The van der Waals surface area contributed by atoms with E-state index in [9.17, 15) is 4.39 Å². The summed E-state index contributed by atoms with van der Waals surface area (Å²) in [6.45, 7) is 0.565. The molecule has 1 aromatic heterocycles. The maximum Gasteiger partial charge on any atom is 0.229 e. The number of rotatable bonds is 5. The van der Waals surface area contributed by atoms with Crippen LogP contribution in [0.25, 0.3) is 0 Å². The SMILES string of the molecule is Fc1ccc(CNc2ccnc(Nc3ccc(Br)cc3)n2)cc1. The fourth-order valence-electron chi connectivity index (χ4n) is 1.97. The van der Waals surface area contributed by atoms with Crippen LogP contribution in [0.1, 0.15) is 5.56 Å². The van der Waals surface area contributed by atoms with Gasteiger partial charge in [-0.2, -0.15) is 4.98 Å². The van der Waals surface area contributed by atoms with Gasteiger partial charge in [0.15, 0.2) is 0 Å². The van der Waals surface area contributed by atoms with Gasteiger partial charge >= 0.3 is 0 Å². The molecule has 1 heterocycles. The summed E-state index contributed by atoms with van der Waals surface area (Å²) in [5.41, 5.74) is 1.89. The molecule has 0 amide bonds. The van der Waals surface area contributed by atoms with Gasteiger partial charge in [-0.05, 0) is 48.0 Å². The van der Waals surface area contributed by atoms with Gasteiger partial charge in [0, 0.05) is 22.9 Å². The highest BCUT2D eigenvalue weighted by molar-refractivity contribution is 9.10. The zero-order chi connectivity index (χ0) is 16.1. The lowest BCUT2D eigenvalue weighted by molar-refractivity contribution is 0.627. The molecular weight excluding hydrogens is 359 g/mol. The molecule has 6 heteroatoms. The first-order valence-electron chi connectivity index (χ1n) is 7.03. The normalized spacial score (nSPS) is 10.3. The number of aromatic nitrogens is 2. The third-order valence-corrected chi connectivity index (χ3v) is 3.67. The first-order chi connectivity index (χ1) is 11.2. The Bertz CT molecular complexity index is 775. The Morgan fingerprint density at radius 3 is 2.43 bits per heavy atom. The third kappa shape index (κ3) is 4.50. The van der Waals surface area contributed by atoms with Crippen LogP contribution in [0.4, 0.5) is 21.8 Å². The van der Waals surface area contributed by atoms with E-state index in [0.29, 0.717) is 18.3 Å². The Balaban J connectivity index is 1.65. The van der Waals surface area contributed by atoms with Gasteiger partial charge in [-0.15, -0.1) is 0 Å². The molecule has 0 unspecified atom stereocenters. The lowest BCUT2D eigenvalue weighted by atomic mass is 10.2. The number of hydrogen-bond acceptors (Lipinski definition) is 4. The van der Waals surface area contributed by atoms with Crippen LogP contribution in [-0.2, 0) is 6.54 Å². The summed E-state index contributed by atoms with van der Waals surface area (Å²) in [4.78, 5) is 8.60. The van der Waals surface area contributed by atoms with Gasteiger partial charge in [0.05, 0.1) is 0 Å². The van der Waals surface area contributed by atoms with E-state index in [1.165, 1.54) is 12.1 Å². The van der Waals surface area contributed by atoms with Crippen LogP contribution in [0.2, 0.25) is 0 Å². The number of anilines is 3. The van der Waals surface area contributed by atoms with Crippen LogP contribution in [0.15, 0.2) is 65.3 Å². The van der Waals surface area contributed by atoms with Crippen molar-refractivity contribution < 1.29 is 4.39 Å². The Labute approximate surface area is 141 Å². The molecule has 0 bridgehead atoms. The van der Waals surface area contributed by atoms with Crippen molar-refractivity contribution in [2.75, 3.05) is 10.6 Å². The average Bonchev–Trinajstić information content (AvgIpc) is 2.57. The number of nitrogens with zero attached hydrogens (tertiary/aromatic N) is 2. The van der Waals surface area contributed by atoms with Crippen molar-refractivity contribution in [1.29, 1.82) is 0 Å². The van der Waals surface area contributed by atoms with Crippen LogP contribution in [0.5, 0.6) is 0 Å². The van der Waals surface area contributed by atoms with Gasteiger partial charge in [0.1, 0.15) is 11.6 Å². The van der Waals surface area contributed by atoms with Crippen molar-refractivity contribution >= 4 is 33.4 Å². The zero-order valence-corrected chi connectivity index (χ0v) is 13.7. The minimum atomic E-state index is -0.239. The fourth-order valence-corrected chi connectivity index (χ4v) is 2.24. The smallest absolute Gasteiger partial charge is 0.229 e. The molecular formula is C17H14BrFN4. The Morgan fingerprint density at radius 2 is 1.70 bits per heavy atom. The van der Waals surface area contributed by atoms with Crippen LogP contribution >= 0.6 is 15.9 Å². The Morgan fingerprint density at radius 1 is 0.957 bits per heavy atom. The van der Waals surface area contributed by atoms with Gasteiger partial charge in [0.25, 0.3) is 0 Å². The van der Waals surface area contributed by atoms with Crippen molar-refractivity contribution in [2.24, 2.45) is 0 Å². The monoisotopic (exact) mass is 372 g/mol. The highest BCUT2D eigenvalue weighted by Gasteiger charge is 2.01. The predicted molar refractivity (Wildman–Crippen MR) is 93.2 cm³/mol. The van der Waals surface area contributed by atoms with Gasteiger partial charge in [-0.25, -0.2) is 9.37 Å². The zero-order valence-electron chi connectivity index (χ0n) is 12.1. The van der Waals surface area contributed by atoms with Gasteiger partial charge < -0.3 is 10.6 Å². The summed E-state index contributed by atoms with van der Waals surface area (Å²) in [5, 5.41) is 6.34. The van der Waals surface area contributed by atoms with Crippen molar-refractivity contribution in [2.45, 2.75) is 6.54 Å². The lowest BCUT2D eigenvalue weighted by Crippen LogP contribution is -2.04. The van der Waals surface area contributed by atoms with E-state index in [0.717, 1.165) is 15.7 Å². The number of halogens is 2. The number of benzene rings is 2. The Hall–Kier alpha value is -2.47. The van der Waals surface area contributed by atoms with Crippen LogP contribution in [0, 0.1) is 5.82 Å². The molecule has 4 nitrogen and oxygen atoms in total. The summed E-state index contributed by atoms with van der Waals surface area (Å²) in [5.74, 6) is 0.970.